The lowest BCUT2D eigenvalue weighted by atomic mass is 9.90. The molecule has 1 aromatic carbocycles. The number of aliphatic hydroxyl groups is 1. The summed E-state index contributed by atoms with van der Waals surface area (Å²) in [6.45, 7) is 2.53. The highest BCUT2D eigenvalue weighted by Gasteiger charge is 2.27. The fourth-order valence-corrected chi connectivity index (χ4v) is 2.18. The van der Waals surface area contributed by atoms with Gasteiger partial charge in [0, 0.05) is 19.1 Å². The molecule has 2 rings (SSSR count). The number of rotatable bonds is 2. The molecule has 1 aliphatic rings. The number of halogens is 1. The molecule has 16 heavy (non-hydrogen) atoms. The van der Waals surface area contributed by atoms with Gasteiger partial charge in [0.05, 0.1) is 6.10 Å². The molecule has 1 aliphatic heterocycles. The molecule has 0 bridgehead atoms. The van der Waals surface area contributed by atoms with Crippen LogP contribution in [0.1, 0.15) is 30.1 Å². The highest BCUT2D eigenvalue weighted by molar-refractivity contribution is 5.25. The lowest BCUT2D eigenvalue weighted by Gasteiger charge is -2.30. The summed E-state index contributed by atoms with van der Waals surface area (Å²) in [6.07, 6.45) is 1.75. The first-order valence-electron chi connectivity index (χ1n) is 5.71. The van der Waals surface area contributed by atoms with Crippen LogP contribution in [-0.2, 0) is 4.74 Å². The van der Waals surface area contributed by atoms with Crippen molar-refractivity contribution in [2.24, 2.45) is 5.92 Å². The SMILES string of the molecule is Cc1ccc(C2OCCCC2CO)cc1F. The van der Waals surface area contributed by atoms with Gasteiger partial charge < -0.3 is 9.84 Å². The van der Waals surface area contributed by atoms with Gasteiger partial charge in [-0.1, -0.05) is 12.1 Å². The summed E-state index contributed by atoms with van der Waals surface area (Å²) >= 11 is 0. The highest BCUT2D eigenvalue weighted by Crippen LogP contribution is 2.33. The van der Waals surface area contributed by atoms with Crippen molar-refractivity contribution in [1.29, 1.82) is 0 Å². The summed E-state index contributed by atoms with van der Waals surface area (Å²) in [5, 5.41) is 9.27. The van der Waals surface area contributed by atoms with Gasteiger partial charge in [-0.25, -0.2) is 4.39 Å². The fraction of sp³-hybridized carbons (Fsp3) is 0.538. The molecular weight excluding hydrogens is 207 g/mol. The Hall–Kier alpha value is -0.930. The van der Waals surface area contributed by atoms with Crippen molar-refractivity contribution >= 4 is 0 Å². The molecule has 1 aromatic rings. The van der Waals surface area contributed by atoms with Crippen LogP contribution in [-0.4, -0.2) is 18.3 Å². The van der Waals surface area contributed by atoms with Crippen LogP contribution in [0.4, 0.5) is 4.39 Å². The topological polar surface area (TPSA) is 29.5 Å². The second kappa shape index (κ2) is 4.93. The van der Waals surface area contributed by atoms with Gasteiger partial charge in [-0.05, 0) is 37.0 Å². The Morgan fingerprint density at radius 1 is 1.50 bits per heavy atom. The Morgan fingerprint density at radius 3 is 3.00 bits per heavy atom. The quantitative estimate of drug-likeness (QED) is 0.836. The van der Waals surface area contributed by atoms with Gasteiger partial charge in [-0.3, -0.25) is 0 Å². The van der Waals surface area contributed by atoms with Crippen molar-refractivity contribution < 1.29 is 14.2 Å². The van der Waals surface area contributed by atoms with E-state index >= 15 is 0 Å². The predicted octanol–water partition coefficient (Wildman–Crippen LogP) is 2.59. The van der Waals surface area contributed by atoms with Gasteiger partial charge in [0.15, 0.2) is 0 Å². The van der Waals surface area contributed by atoms with Crippen molar-refractivity contribution in [2.75, 3.05) is 13.2 Å². The average Bonchev–Trinajstić information content (AvgIpc) is 2.32. The van der Waals surface area contributed by atoms with Crippen molar-refractivity contribution in [3.05, 3.63) is 35.1 Å². The maximum absolute atomic E-state index is 13.4. The summed E-state index contributed by atoms with van der Waals surface area (Å²) in [5.74, 6) is -0.112. The zero-order chi connectivity index (χ0) is 11.5. The molecule has 1 saturated heterocycles. The molecule has 0 aromatic heterocycles. The van der Waals surface area contributed by atoms with E-state index in [0.717, 1.165) is 18.4 Å². The van der Waals surface area contributed by atoms with E-state index in [4.69, 9.17) is 4.74 Å². The average molecular weight is 224 g/mol. The van der Waals surface area contributed by atoms with Crippen molar-refractivity contribution in [3.8, 4) is 0 Å². The second-order valence-electron chi connectivity index (χ2n) is 4.38. The van der Waals surface area contributed by atoms with Crippen LogP contribution in [0.5, 0.6) is 0 Å². The summed E-state index contributed by atoms with van der Waals surface area (Å²) < 4.78 is 19.1. The number of hydrogen-bond donors (Lipinski definition) is 1. The number of hydrogen-bond acceptors (Lipinski definition) is 2. The lowest BCUT2D eigenvalue weighted by Crippen LogP contribution is -2.25. The molecule has 1 fully saturated rings. The van der Waals surface area contributed by atoms with Gasteiger partial charge in [0.25, 0.3) is 0 Å². The molecular formula is C13H17FO2. The summed E-state index contributed by atoms with van der Waals surface area (Å²) in [4.78, 5) is 0. The minimum absolute atomic E-state index is 0.0934. The lowest BCUT2D eigenvalue weighted by molar-refractivity contribution is -0.0458. The van der Waals surface area contributed by atoms with Gasteiger partial charge in [-0.2, -0.15) is 0 Å². The second-order valence-corrected chi connectivity index (χ2v) is 4.38. The molecule has 0 saturated carbocycles. The van der Waals surface area contributed by atoms with Crippen molar-refractivity contribution in [2.45, 2.75) is 25.9 Å². The third-order valence-corrected chi connectivity index (χ3v) is 3.20. The van der Waals surface area contributed by atoms with E-state index < -0.39 is 0 Å². The minimum atomic E-state index is -0.205. The van der Waals surface area contributed by atoms with Gasteiger partial charge in [0.1, 0.15) is 5.82 Å². The zero-order valence-corrected chi connectivity index (χ0v) is 9.45. The Morgan fingerprint density at radius 2 is 2.31 bits per heavy atom. The van der Waals surface area contributed by atoms with Crippen LogP contribution >= 0.6 is 0 Å². The molecule has 2 nitrogen and oxygen atoms in total. The molecule has 0 radical (unpaired) electrons. The molecule has 2 atom stereocenters. The number of aliphatic hydroxyl groups excluding tert-OH is 1. The highest BCUT2D eigenvalue weighted by atomic mass is 19.1. The number of aryl methyl sites for hydroxylation is 1. The number of benzene rings is 1. The van der Waals surface area contributed by atoms with E-state index in [9.17, 15) is 9.50 Å². The van der Waals surface area contributed by atoms with Crippen LogP contribution in [0.3, 0.4) is 0 Å². The Kier molecular flexibility index (Phi) is 3.56. The van der Waals surface area contributed by atoms with E-state index in [2.05, 4.69) is 0 Å². The first kappa shape index (κ1) is 11.6. The smallest absolute Gasteiger partial charge is 0.126 e. The van der Waals surface area contributed by atoms with Crippen LogP contribution in [0, 0.1) is 18.7 Å². The molecule has 88 valence electrons. The third kappa shape index (κ3) is 2.25. The largest absolute Gasteiger partial charge is 0.396 e. The predicted molar refractivity (Wildman–Crippen MR) is 59.6 cm³/mol. The molecule has 0 aliphatic carbocycles. The molecule has 1 N–H and O–H groups in total. The molecule has 3 heteroatoms. The molecule has 1 heterocycles. The van der Waals surface area contributed by atoms with Crippen molar-refractivity contribution in [3.63, 3.8) is 0 Å². The van der Waals surface area contributed by atoms with E-state index in [0.29, 0.717) is 12.2 Å². The van der Waals surface area contributed by atoms with E-state index in [1.165, 1.54) is 6.07 Å². The maximum Gasteiger partial charge on any atom is 0.126 e. The molecule has 2 unspecified atom stereocenters. The standard InChI is InChI=1S/C13H17FO2/c1-9-4-5-10(7-12(9)14)13-11(8-15)3-2-6-16-13/h4-5,7,11,13,15H,2-3,6,8H2,1H3. The summed E-state index contributed by atoms with van der Waals surface area (Å²) in [5.41, 5.74) is 1.47. The van der Waals surface area contributed by atoms with Crippen LogP contribution in [0.2, 0.25) is 0 Å². The zero-order valence-electron chi connectivity index (χ0n) is 9.45. The normalized spacial score (nSPS) is 25.7. The Bertz CT molecular complexity index is 365. The Balaban J connectivity index is 2.23. The van der Waals surface area contributed by atoms with Gasteiger partial charge >= 0.3 is 0 Å². The first-order chi connectivity index (χ1) is 7.72. The Labute approximate surface area is 95.1 Å². The van der Waals surface area contributed by atoms with Crippen LogP contribution < -0.4 is 0 Å². The fourth-order valence-electron chi connectivity index (χ4n) is 2.18. The van der Waals surface area contributed by atoms with E-state index in [-0.39, 0.29) is 24.4 Å². The summed E-state index contributed by atoms with van der Waals surface area (Å²) in [7, 11) is 0. The van der Waals surface area contributed by atoms with Gasteiger partial charge in [0.2, 0.25) is 0 Å². The van der Waals surface area contributed by atoms with Gasteiger partial charge in [-0.15, -0.1) is 0 Å². The molecule has 0 spiro atoms. The maximum atomic E-state index is 13.4. The van der Waals surface area contributed by atoms with E-state index in [1.807, 2.05) is 6.07 Å². The number of ether oxygens (including phenoxy) is 1. The van der Waals surface area contributed by atoms with Crippen LogP contribution in [0.15, 0.2) is 18.2 Å². The third-order valence-electron chi connectivity index (χ3n) is 3.20. The monoisotopic (exact) mass is 224 g/mol. The first-order valence-corrected chi connectivity index (χ1v) is 5.71. The van der Waals surface area contributed by atoms with E-state index in [1.54, 1.807) is 13.0 Å². The molecule has 0 amide bonds. The van der Waals surface area contributed by atoms with Crippen molar-refractivity contribution in [1.82, 2.24) is 0 Å². The van der Waals surface area contributed by atoms with Crippen LogP contribution in [0.25, 0.3) is 0 Å². The minimum Gasteiger partial charge on any atom is -0.396 e. The summed E-state index contributed by atoms with van der Waals surface area (Å²) in [6, 6.07) is 5.17.